The van der Waals surface area contributed by atoms with Gasteiger partial charge in [0.05, 0.1) is 23.3 Å². The Morgan fingerprint density at radius 1 is 0.322 bits per heavy atom. The van der Waals surface area contributed by atoms with E-state index in [2.05, 4.69) is 172 Å². The van der Waals surface area contributed by atoms with Crippen LogP contribution in [-0.2, 0) is 5.41 Å². The second-order valence-corrected chi connectivity index (χ2v) is 16.6. The molecule has 59 heavy (non-hydrogen) atoms. The van der Waals surface area contributed by atoms with Gasteiger partial charge in [0.1, 0.15) is 0 Å². The van der Waals surface area contributed by atoms with Crippen molar-refractivity contribution in [2.45, 2.75) is 19.3 Å². The molecule has 0 fully saturated rings. The van der Waals surface area contributed by atoms with Gasteiger partial charge in [0.25, 0.3) is 0 Å². The Labute approximate surface area is 342 Å². The molecule has 0 saturated carbocycles. The van der Waals surface area contributed by atoms with Crippen LogP contribution in [0.3, 0.4) is 0 Å². The zero-order valence-electron chi connectivity index (χ0n) is 32.6. The summed E-state index contributed by atoms with van der Waals surface area (Å²) >= 11 is 0. The summed E-state index contributed by atoms with van der Waals surface area (Å²) in [6.45, 7) is 4.70. The second kappa shape index (κ2) is 12.1. The van der Waals surface area contributed by atoms with Gasteiger partial charge in [-0.25, -0.2) is 0 Å². The molecule has 272 valence electrons. The van der Waals surface area contributed by atoms with Gasteiger partial charge in [-0.3, -0.25) is 0 Å². The van der Waals surface area contributed by atoms with Crippen molar-refractivity contribution in [3.63, 3.8) is 0 Å². The van der Waals surface area contributed by atoms with E-state index in [-0.39, 0.29) is 5.41 Å². The summed E-state index contributed by atoms with van der Waals surface area (Å²) in [6.07, 6.45) is 0. The zero-order valence-corrected chi connectivity index (χ0v) is 32.6. The summed E-state index contributed by atoms with van der Waals surface area (Å²) in [5, 5.41) is 28.9. The molecule has 0 unspecified atom stereocenters. The van der Waals surface area contributed by atoms with Gasteiger partial charge in [-0.2, -0.15) is 10.5 Å². The third kappa shape index (κ3) is 4.66. The SMILES string of the molecule is CC1(C)c2ccccc2-c2ccc(-c3ccc4c5c(cccc35)-c3cc5c(cc3-4)c(-c3ccc(C#N)cc3)cc3c4ccccc4c(-c4ccc(C#N)cc4)cc53)cc21. The predicted octanol–water partition coefficient (Wildman–Crippen LogP) is 15.0. The highest BCUT2D eigenvalue weighted by atomic mass is 14.4. The van der Waals surface area contributed by atoms with Crippen molar-refractivity contribution < 1.29 is 0 Å². The molecule has 10 aromatic carbocycles. The maximum atomic E-state index is 9.67. The Bertz CT molecular complexity index is 3570. The average molecular weight is 747 g/mol. The Hall–Kier alpha value is -7.78. The van der Waals surface area contributed by atoms with E-state index < -0.39 is 0 Å². The van der Waals surface area contributed by atoms with Gasteiger partial charge in [-0.05, 0) is 176 Å². The van der Waals surface area contributed by atoms with Crippen LogP contribution in [0.1, 0.15) is 36.1 Å². The molecular formula is C57H34N2. The van der Waals surface area contributed by atoms with Crippen molar-refractivity contribution in [2.75, 3.05) is 0 Å². The zero-order chi connectivity index (χ0) is 39.6. The first kappa shape index (κ1) is 33.4. The van der Waals surface area contributed by atoms with Crippen molar-refractivity contribution in [2.24, 2.45) is 0 Å². The number of nitrogens with zero attached hydrogens (tertiary/aromatic N) is 2. The van der Waals surface area contributed by atoms with Crippen molar-refractivity contribution in [1.82, 2.24) is 0 Å². The van der Waals surface area contributed by atoms with Crippen molar-refractivity contribution in [1.29, 1.82) is 10.5 Å². The van der Waals surface area contributed by atoms with E-state index in [0.29, 0.717) is 11.1 Å². The largest absolute Gasteiger partial charge is 0.192 e. The summed E-state index contributed by atoms with van der Waals surface area (Å²) in [4.78, 5) is 0. The molecule has 10 aromatic rings. The minimum atomic E-state index is -0.0756. The fourth-order valence-corrected chi connectivity index (χ4v) is 10.4. The lowest BCUT2D eigenvalue weighted by Crippen LogP contribution is -2.14. The Morgan fingerprint density at radius 3 is 1.51 bits per heavy atom. The quantitative estimate of drug-likeness (QED) is 0.169. The van der Waals surface area contributed by atoms with Crippen LogP contribution in [0.25, 0.3) is 110 Å². The van der Waals surface area contributed by atoms with Gasteiger partial charge in [0.15, 0.2) is 0 Å². The lowest BCUT2D eigenvalue weighted by atomic mass is 9.81. The highest BCUT2D eigenvalue weighted by Gasteiger charge is 2.35. The predicted molar refractivity (Wildman–Crippen MR) is 244 cm³/mol. The lowest BCUT2D eigenvalue weighted by molar-refractivity contribution is 0.660. The summed E-state index contributed by atoms with van der Waals surface area (Å²) in [6, 6.07) is 66.1. The van der Waals surface area contributed by atoms with Gasteiger partial charge in [-0.15, -0.1) is 0 Å². The van der Waals surface area contributed by atoms with Crippen LogP contribution in [0.4, 0.5) is 0 Å². The molecular weight excluding hydrogens is 713 g/mol. The molecule has 0 aliphatic heterocycles. The minimum absolute atomic E-state index is 0.0756. The van der Waals surface area contributed by atoms with Crippen LogP contribution < -0.4 is 0 Å². The maximum Gasteiger partial charge on any atom is 0.0991 e. The molecule has 0 saturated heterocycles. The van der Waals surface area contributed by atoms with Crippen molar-refractivity contribution in [3.8, 4) is 78.9 Å². The van der Waals surface area contributed by atoms with Gasteiger partial charge in [0, 0.05) is 5.41 Å². The topological polar surface area (TPSA) is 47.6 Å². The van der Waals surface area contributed by atoms with Crippen molar-refractivity contribution in [3.05, 3.63) is 192 Å². The first-order valence-corrected chi connectivity index (χ1v) is 20.2. The van der Waals surface area contributed by atoms with E-state index in [1.54, 1.807) is 0 Å². The van der Waals surface area contributed by atoms with Crippen LogP contribution in [0, 0.1) is 22.7 Å². The van der Waals surface area contributed by atoms with E-state index >= 15 is 0 Å². The first-order valence-electron chi connectivity index (χ1n) is 20.2. The smallest absolute Gasteiger partial charge is 0.0991 e. The summed E-state index contributed by atoms with van der Waals surface area (Å²) in [5.41, 5.74) is 18.6. The number of rotatable bonds is 3. The molecule has 0 spiro atoms. The number of nitriles is 2. The maximum absolute atomic E-state index is 9.67. The molecule has 12 rings (SSSR count). The van der Waals surface area contributed by atoms with Crippen LogP contribution in [-0.4, -0.2) is 0 Å². The monoisotopic (exact) mass is 746 g/mol. The highest BCUT2D eigenvalue weighted by molar-refractivity contribution is 6.27. The lowest BCUT2D eigenvalue weighted by Gasteiger charge is -2.22. The molecule has 0 bridgehead atoms. The Kier molecular flexibility index (Phi) is 6.85. The number of benzene rings is 10. The Morgan fingerprint density at radius 2 is 0.797 bits per heavy atom. The molecule has 0 aromatic heterocycles. The average Bonchev–Trinajstić information content (AvgIpc) is 3.73. The summed E-state index contributed by atoms with van der Waals surface area (Å²) in [7, 11) is 0. The summed E-state index contributed by atoms with van der Waals surface area (Å²) in [5.74, 6) is 0. The van der Waals surface area contributed by atoms with Crippen LogP contribution in [0.5, 0.6) is 0 Å². The van der Waals surface area contributed by atoms with E-state index in [0.717, 1.165) is 22.3 Å². The van der Waals surface area contributed by atoms with Gasteiger partial charge in [0.2, 0.25) is 0 Å². The molecule has 2 aliphatic rings. The van der Waals surface area contributed by atoms with Gasteiger partial charge in [-0.1, -0.05) is 129 Å². The standard InChI is InChI=1S/C57H34N2/c1-57(2)54-13-6-5-10-41(54)42-23-22-37(26-55(42)57)38-24-25-45-50-29-51-47(36-20-16-34(32-59)17-21-36)28-48-40-9-4-3-8-39(40)46(35-18-14-33(31-58)15-19-35)27-52(48)53(51)30-49(50)44-12-7-11-43(38)56(44)45/h3-30H,1-2H3. The molecule has 2 nitrogen and oxygen atoms in total. The minimum Gasteiger partial charge on any atom is -0.192 e. The van der Waals surface area contributed by atoms with E-state index in [1.807, 2.05) is 24.3 Å². The molecule has 0 amide bonds. The van der Waals surface area contributed by atoms with Crippen LogP contribution in [0.2, 0.25) is 0 Å². The third-order valence-electron chi connectivity index (χ3n) is 13.3. The molecule has 0 radical (unpaired) electrons. The number of fused-ring (bicyclic) bond motifs is 11. The normalized spacial score (nSPS) is 13.0. The molecule has 0 N–H and O–H groups in total. The highest BCUT2D eigenvalue weighted by Crippen LogP contribution is 2.54. The van der Waals surface area contributed by atoms with E-state index in [9.17, 15) is 10.5 Å². The molecule has 0 atom stereocenters. The molecule has 0 heterocycles. The fourth-order valence-electron chi connectivity index (χ4n) is 10.4. The van der Waals surface area contributed by atoms with Gasteiger partial charge >= 0.3 is 0 Å². The molecule has 2 heteroatoms. The molecule has 2 aliphatic carbocycles. The van der Waals surface area contributed by atoms with Crippen LogP contribution >= 0.6 is 0 Å². The Balaban J connectivity index is 1.12. The second-order valence-electron chi connectivity index (χ2n) is 16.6. The van der Waals surface area contributed by atoms with Crippen molar-refractivity contribution >= 4 is 43.1 Å². The number of hydrogen-bond donors (Lipinski definition) is 0. The van der Waals surface area contributed by atoms with Gasteiger partial charge < -0.3 is 0 Å². The third-order valence-corrected chi connectivity index (χ3v) is 13.3. The van der Waals surface area contributed by atoms with E-state index in [1.165, 1.54) is 98.7 Å². The van der Waals surface area contributed by atoms with E-state index in [4.69, 9.17) is 0 Å². The first-order chi connectivity index (χ1) is 28.9. The summed E-state index contributed by atoms with van der Waals surface area (Å²) < 4.78 is 0. The fraction of sp³-hybridized carbons (Fsp3) is 0.0526. The number of hydrogen-bond acceptors (Lipinski definition) is 2. The van der Waals surface area contributed by atoms with Crippen LogP contribution in [0.15, 0.2) is 170 Å².